The van der Waals surface area contributed by atoms with E-state index in [-0.39, 0.29) is 0 Å². The third-order valence-corrected chi connectivity index (χ3v) is 4.04. The van der Waals surface area contributed by atoms with E-state index in [4.69, 9.17) is 11.0 Å². The number of nitrogens with one attached hydrogen (secondary N) is 1. The van der Waals surface area contributed by atoms with Crippen molar-refractivity contribution in [1.29, 1.82) is 5.26 Å². The normalized spacial score (nSPS) is 19.9. The second-order valence-corrected chi connectivity index (χ2v) is 5.41. The molecule has 0 bridgehead atoms. The molecule has 78 valence electrons. The maximum Gasteiger partial charge on any atom is 0.130 e. The van der Waals surface area contributed by atoms with E-state index < -0.39 is 0 Å². The van der Waals surface area contributed by atoms with E-state index in [0.29, 0.717) is 16.8 Å². The van der Waals surface area contributed by atoms with Crippen LogP contribution in [0, 0.1) is 11.3 Å². The van der Waals surface area contributed by atoms with E-state index in [1.807, 2.05) is 0 Å². The van der Waals surface area contributed by atoms with Gasteiger partial charge in [0.15, 0.2) is 0 Å². The van der Waals surface area contributed by atoms with Gasteiger partial charge in [-0.15, -0.1) is 11.3 Å². The molecule has 1 aromatic heterocycles. The first kappa shape index (κ1) is 9.05. The lowest BCUT2D eigenvalue weighted by molar-refractivity contribution is 1.11. The summed E-state index contributed by atoms with van der Waals surface area (Å²) in [6.07, 6.45) is 4.96. The molecule has 2 aliphatic rings. The van der Waals surface area contributed by atoms with Crippen molar-refractivity contribution in [1.82, 2.24) is 0 Å². The van der Waals surface area contributed by atoms with Gasteiger partial charge in [0.05, 0.1) is 10.7 Å². The second-order valence-electron chi connectivity index (χ2n) is 4.39. The molecule has 3 nitrogen and oxygen atoms in total. The predicted molar refractivity (Wildman–Crippen MR) is 62.1 cm³/mol. The van der Waals surface area contributed by atoms with Gasteiger partial charge in [-0.05, 0) is 31.6 Å². The smallest absolute Gasteiger partial charge is 0.130 e. The van der Waals surface area contributed by atoms with Gasteiger partial charge in [-0.1, -0.05) is 0 Å². The summed E-state index contributed by atoms with van der Waals surface area (Å²) in [6, 6.07) is 2.82. The summed E-state index contributed by atoms with van der Waals surface area (Å²) < 4.78 is 0. The highest BCUT2D eigenvalue weighted by molar-refractivity contribution is 7.17. The van der Waals surface area contributed by atoms with Crippen LogP contribution in [-0.2, 0) is 0 Å². The molecule has 2 aliphatic carbocycles. The van der Waals surface area contributed by atoms with Gasteiger partial charge in [-0.3, -0.25) is 0 Å². The fraction of sp³-hybridized carbons (Fsp3) is 0.545. The van der Waals surface area contributed by atoms with Crippen molar-refractivity contribution in [3.8, 4) is 6.07 Å². The maximum absolute atomic E-state index is 8.96. The standard InChI is InChI=1S/C11H13N3S/c12-5-8-10(13)9(6-1-2-6)11(15-8)14-7-3-4-7/h6-7,14H,1-4,13H2. The summed E-state index contributed by atoms with van der Waals surface area (Å²) in [6.45, 7) is 0. The molecule has 0 amide bonds. The molecule has 15 heavy (non-hydrogen) atoms. The first-order chi connectivity index (χ1) is 7.29. The van der Waals surface area contributed by atoms with Crippen LogP contribution in [0.4, 0.5) is 10.7 Å². The highest BCUT2D eigenvalue weighted by atomic mass is 32.1. The molecule has 3 N–H and O–H groups in total. The molecule has 3 rings (SSSR count). The second kappa shape index (κ2) is 3.14. The quantitative estimate of drug-likeness (QED) is 0.821. The average molecular weight is 219 g/mol. The monoisotopic (exact) mass is 219 g/mol. The largest absolute Gasteiger partial charge is 0.397 e. The Hall–Kier alpha value is -1.21. The highest BCUT2D eigenvalue weighted by Crippen LogP contribution is 2.51. The van der Waals surface area contributed by atoms with Crippen molar-refractivity contribution in [3.63, 3.8) is 0 Å². The first-order valence-electron chi connectivity index (χ1n) is 5.38. The van der Waals surface area contributed by atoms with Gasteiger partial charge in [-0.2, -0.15) is 5.26 Å². The third-order valence-electron chi connectivity index (χ3n) is 2.98. The van der Waals surface area contributed by atoms with E-state index in [1.54, 1.807) is 0 Å². The Labute approximate surface area is 92.9 Å². The minimum atomic E-state index is 0.615. The van der Waals surface area contributed by atoms with Gasteiger partial charge in [0.1, 0.15) is 10.9 Å². The summed E-state index contributed by atoms with van der Waals surface area (Å²) in [7, 11) is 0. The van der Waals surface area contributed by atoms with E-state index >= 15 is 0 Å². The summed E-state index contributed by atoms with van der Waals surface area (Å²) in [5, 5.41) is 13.6. The lowest BCUT2D eigenvalue weighted by atomic mass is 10.1. The van der Waals surface area contributed by atoms with Crippen LogP contribution in [-0.4, -0.2) is 6.04 Å². The first-order valence-corrected chi connectivity index (χ1v) is 6.20. The molecule has 2 fully saturated rings. The number of nitrogen functional groups attached to an aromatic ring is 1. The summed E-state index contributed by atoms with van der Waals surface area (Å²) in [4.78, 5) is 0.681. The summed E-state index contributed by atoms with van der Waals surface area (Å²) in [5.41, 5.74) is 7.95. The number of nitrogens with two attached hydrogens (primary N) is 1. The fourth-order valence-electron chi connectivity index (χ4n) is 1.84. The lowest BCUT2D eigenvalue weighted by Crippen LogP contribution is -2.01. The van der Waals surface area contributed by atoms with Crippen LogP contribution >= 0.6 is 11.3 Å². The Morgan fingerprint density at radius 2 is 2.07 bits per heavy atom. The molecule has 0 atom stereocenters. The summed E-state index contributed by atoms with van der Waals surface area (Å²) in [5.74, 6) is 0.615. The van der Waals surface area contributed by atoms with E-state index in [9.17, 15) is 0 Å². The molecular formula is C11H13N3S. The zero-order valence-corrected chi connectivity index (χ0v) is 9.23. The van der Waals surface area contributed by atoms with Crippen molar-refractivity contribution >= 4 is 22.0 Å². The SMILES string of the molecule is N#Cc1sc(NC2CC2)c(C2CC2)c1N. The van der Waals surface area contributed by atoms with Crippen LogP contribution in [0.5, 0.6) is 0 Å². The highest BCUT2D eigenvalue weighted by Gasteiger charge is 2.33. The fourth-order valence-corrected chi connectivity index (χ4v) is 2.92. The number of anilines is 2. The molecule has 0 spiro atoms. The van der Waals surface area contributed by atoms with Crippen LogP contribution in [0.15, 0.2) is 0 Å². The van der Waals surface area contributed by atoms with Gasteiger partial charge in [0.25, 0.3) is 0 Å². The van der Waals surface area contributed by atoms with Crippen LogP contribution in [0.3, 0.4) is 0 Å². The molecule has 2 saturated carbocycles. The molecular weight excluding hydrogens is 206 g/mol. The lowest BCUT2D eigenvalue weighted by Gasteiger charge is -2.04. The van der Waals surface area contributed by atoms with Crippen molar-refractivity contribution in [2.75, 3.05) is 11.1 Å². The van der Waals surface area contributed by atoms with Crippen molar-refractivity contribution < 1.29 is 0 Å². The Bertz CT molecular complexity index is 435. The number of hydrogen-bond acceptors (Lipinski definition) is 4. The Balaban J connectivity index is 1.98. The van der Waals surface area contributed by atoms with Crippen molar-refractivity contribution in [3.05, 3.63) is 10.4 Å². The van der Waals surface area contributed by atoms with Gasteiger partial charge in [-0.25, -0.2) is 0 Å². The minimum Gasteiger partial charge on any atom is -0.397 e. The third kappa shape index (κ3) is 1.57. The number of nitriles is 1. The molecule has 4 heteroatoms. The number of rotatable bonds is 3. The Morgan fingerprint density at radius 1 is 1.33 bits per heavy atom. The van der Waals surface area contributed by atoms with Crippen LogP contribution < -0.4 is 11.1 Å². The summed E-state index contributed by atoms with van der Waals surface area (Å²) >= 11 is 1.53. The van der Waals surface area contributed by atoms with Gasteiger partial charge < -0.3 is 11.1 Å². The predicted octanol–water partition coefficient (Wildman–Crippen LogP) is 2.65. The molecule has 0 aliphatic heterocycles. The Morgan fingerprint density at radius 3 is 2.60 bits per heavy atom. The van der Waals surface area contributed by atoms with Gasteiger partial charge in [0.2, 0.25) is 0 Å². The Kier molecular flexibility index (Phi) is 1.89. The maximum atomic E-state index is 8.96. The number of nitrogens with zero attached hydrogens (tertiary/aromatic N) is 1. The average Bonchev–Trinajstić information content (AvgIpc) is 3.08. The minimum absolute atomic E-state index is 0.615. The zero-order chi connectivity index (χ0) is 10.4. The molecule has 1 aromatic rings. The van der Waals surface area contributed by atoms with Gasteiger partial charge >= 0.3 is 0 Å². The van der Waals surface area contributed by atoms with E-state index in [1.165, 1.54) is 42.6 Å². The van der Waals surface area contributed by atoms with Crippen LogP contribution in [0.1, 0.15) is 42.0 Å². The van der Waals surface area contributed by atoms with Crippen molar-refractivity contribution in [2.45, 2.75) is 37.6 Å². The topological polar surface area (TPSA) is 61.8 Å². The molecule has 0 saturated heterocycles. The molecule has 1 heterocycles. The molecule has 0 unspecified atom stereocenters. The number of thiophene rings is 1. The van der Waals surface area contributed by atoms with Crippen LogP contribution in [0.25, 0.3) is 0 Å². The van der Waals surface area contributed by atoms with Crippen LogP contribution in [0.2, 0.25) is 0 Å². The van der Waals surface area contributed by atoms with E-state index in [2.05, 4.69) is 11.4 Å². The van der Waals surface area contributed by atoms with Crippen molar-refractivity contribution in [2.24, 2.45) is 0 Å². The van der Waals surface area contributed by atoms with E-state index in [0.717, 1.165) is 10.7 Å². The zero-order valence-electron chi connectivity index (χ0n) is 8.42. The van der Waals surface area contributed by atoms with Gasteiger partial charge in [0, 0.05) is 11.6 Å². The molecule has 0 aromatic carbocycles. The number of hydrogen-bond donors (Lipinski definition) is 2. The molecule has 0 radical (unpaired) electrons.